The minimum atomic E-state index is -3.34. The molecule has 0 aliphatic rings. The van der Waals surface area contributed by atoms with E-state index in [1.165, 1.54) is 11.8 Å². The molecule has 142 valence electrons. The summed E-state index contributed by atoms with van der Waals surface area (Å²) in [4.78, 5) is 13.7. The molecule has 0 bridgehead atoms. The zero-order valence-corrected chi connectivity index (χ0v) is 17.4. The Bertz CT molecular complexity index is 1040. The molecule has 2 aromatic heterocycles. The zero-order chi connectivity index (χ0) is 19.6. The molecular formula is C17H18N4O3S3. The third-order valence-electron chi connectivity index (χ3n) is 3.70. The average molecular weight is 423 g/mol. The van der Waals surface area contributed by atoms with Crippen LogP contribution in [0.4, 0.5) is 5.69 Å². The molecule has 0 fully saturated rings. The van der Waals surface area contributed by atoms with Crippen molar-refractivity contribution in [3.05, 3.63) is 47.3 Å². The van der Waals surface area contributed by atoms with Crippen LogP contribution in [-0.4, -0.2) is 40.5 Å². The molecule has 0 saturated carbocycles. The number of rotatable bonds is 7. The lowest BCUT2D eigenvalue weighted by Gasteiger charge is -2.11. The van der Waals surface area contributed by atoms with E-state index >= 15 is 0 Å². The van der Waals surface area contributed by atoms with Crippen molar-refractivity contribution in [2.24, 2.45) is 7.05 Å². The van der Waals surface area contributed by atoms with Gasteiger partial charge in [0.25, 0.3) is 0 Å². The van der Waals surface area contributed by atoms with Crippen LogP contribution in [0.3, 0.4) is 0 Å². The highest BCUT2D eigenvalue weighted by molar-refractivity contribution is 8.00. The van der Waals surface area contributed by atoms with Crippen LogP contribution >= 0.6 is 23.1 Å². The molecule has 0 spiro atoms. The number of sulfonamides is 1. The van der Waals surface area contributed by atoms with Crippen LogP contribution in [-0.2, 0) is 17.1 Å². The van der Waals surface area contributed by atoms with E-state index < -0.39 is 10.0 Å². The number of carbonyl (C=O) groups is 1. The van der Waals surface area contributed by atoms with Gasteiger partial charge in [-0.15, -0.1) is 21.5 Å². The molecule has 0 radical (unpaired) electrons. The SMILES string of the molecule is CC(Sc1nnc(-c2cccs2)n1C)C(=O)c1ccc(NS(C)(=O)=O)cc1. The number of thiophene rings is 1. The van der Waals surface area contributed by atoms with Crippen LogP contribution < -0.4 is 4.72 Å². The molecule has 1 atom stereocenters. The van der Waals surface area contributed by atoms with Crippen molar-refractivity contribution in [3.63, 3.8) is 0 Å². The summed E-state index contributed by atoms with van der Waals surface area (Å²) in [5.41, 5.74) is 0.929. The summed E-state index contributed by atoms with van der Waals surface area (Å²) in [5.74, 6) is 0.704. The van der Waals surface area contributed by atoms with Crippen LogP contribution in [0, 0.1) is 0 Å². The molecule has 0 saturated heterocycles. The molecule has 0 amide bonds. The fraction of sp³-hybridized carbons (Fsp3) is 0.235. The summed E-state index contributed by atoms with van der Waals surface area (Å²) in [7, 11) is -1.47. The number of benzene rings is 1. The van der Waals surface area contributed by atoms with Gasteiger partial charge in [0, 0.05) is 18.3 Å². The Morgan fingerprint density at radius 2 is 1.93 bits per heavy atom. The minimum absolute atomic E-state index is 0.0634. The van der Waals surface area contributed by atoms with E-state index in [2.05, 4.69) is 14.9 Å². The Hall–Kier alpha value is -2.17. The van der Waals surface area contributed by atoms with Gasteiger partial charge >= 0.3 is 0 Å². The Morgan fingerprint density at radius 1 is 1.22 bits per heavy atom. The van der Waals surface area contributed by atoms with Crippen LogP contribution in [0.2, 0.25) is 0 Å². The van der Waals surface area contributed by atoms with Gasteiger partial charge in [-0.2, -0.15) is 0 Å². The van der Waals surface area contributed by atoms with Crippen molar-refractivity contribution in [1.29, 1.82) is 0 Å². The normalized spacial score (nSPS) is 12.7. The second kappa shape index (κ2) is 7.83. The number of thioether (sulfide) groups is 1. The Balaban J connectivity index is 1.71. The molecule has 0 aliphatic carbocycles. The number of anilines is 1. The van der Waals surface area contributed by atoms with Gasteiger partial charge in [-0.05, 0) is 42.6 Å². The predicted octanol–water partition coefficient (Wildman–Crippen LogP) is 3.28. The van der Waals surface area contributed by atoms with Gasteiger partial charge in [-0.1, -0.05) is 17.8 Å². The van der Waals surface area contributed by atoms with Crippen LogP contribution in [0.1, 0.15) is 17.3 Å². The fourth-order valence-electron chi connectivity index (χ4n) is 2.40. The van der Waals surface area contributed by atoms with Gasteiger partial charge in [-0.25, -0.2) is 8.42 Å². The molecule has 1 N–H and O–H groups in total. The van der Waals surface area contributed by atoms with E-state index in [9.17, 15) is 13.2 Å². The second-order valence-corrected chi connectivity index (χ2v) is 9.92. The first kappa shape index (κ1) is 19.6. The molecule has 10 heteroatoms. The molecule has 27 heavy (non-hydrogen) atoms. The predicted molar refractivity (Wildman–Crippen MR) is 109 cm³/mol. The smallest absolute Gasteiger partial charge is 0.229 e. The summed E-state index contributed by atoms with van der Waals surface area (Å²) in [6, 6.07) is 10.3. The summed E-state index contributed by atoms with van der Waals surface area (Å²) in [5, 5.41) is 10.7. The third-order valence-corrected chi connectivity index (χ3v) is 6.31. The average Bonchev–Trinajstić information content (AvgIpc) is 3.24. The monoisotopic (exact) mass is 422 g/mol. The summed E-state index contributed by atoms with van der Waals surface area (Å²) in [6.07, 6.45) is 1.08. The Labute approximate surface area is 165 Å². The quantitative estimate of drug-likeness (QED) is 0.464. The second-order valence-electron chi connectivity index (χ2n) is 5.92. The van der Waals surface area contributed by atoms with Gasteiger partial charge in [0.2, 0.25) is 10.0 Å². The van der Waals surface area contributed by atoms with E-state index in [0.717, 1.165) is 17.0 Å². The van der Waals surface area contributed by atoms with E-state index in [4.69, 9.17) is 0 Å². The van der Waals surface area contributed by atoms with Gasteiger partial charge in [0.15, 0.2) is 16.8 Å². The fourth-order valence-corrected chi connectivity index (χ4v) is 4.60. The van der Waals surface area contributed by atoms with Gasteiger partial charge in [-0.3, -0.25) is 9.52 Å². The van der Waals surface area contributed by atoms with Crippen LogP contribution in [0.5, 0.6) is 0 Å². The third kappa shape index (κ3) is 4.76. The first-order chi connectivity index (χ1) is 12.7. The van der Waals surface area contributed by atoms with Gasteiger partial charge in [0.1, 0.15) is 0 Å². The number of carbonyl (C=O) groups excluding carboxylic acids is 1. The van der Waals surface area contributed by atoms with E-state index in [1.807, 2.05) is 36.1 Å². The maximum absolute atomic E-state index is 12.7. The largest absolute Gasteiger partial charge is 0.304 e. The van der Waals surface area contributed by atoms with Crippen molar-refractivity contribution in [2.45, 2.75) is 17.3 Å². The number of aromatic nitrogens is 3. The van der Waals surface area contributed by atoms with Crippen molar-refractivity contribution in [1.82, 2.24) is 14.8 Å². The molecule has 2 heterocycles. The lowest BCUT2D eigenvalue weighted by atomic mass is 10.1. The molecular weight excluding hydrogens is 404 g/mol. The van der Waals surface area contributed by atoms with Crippen LogP contribution in [0.15, 0.2) is 46.9 Å². The number of hydrogen-bond acceptors (Lipinski definition) is 7. The summed E-state index contributed by atoms with van der Waals surface area (Å²) < 4.78 is 26.8. The number of nitrogens with zero attached hydrogens (tertiary/aromatic N) is 3. The topological polar surface area (TPSA) is 93.9 Å². The number of ketones is 1. The first-order valence-electron chi connectivity index (χ1n) is 7.96. The van der Waals surface area contributed by atoms with E-state index in [1.54, 1.807) is 35.6 Å². The highest BCUT2D eigenvalue weighted by atomic mass is 32.2. The molecule has 1 aromatic carbocycles. The van der Waals surface area contributed by atoms with Crippen molar-refractivity contribution in [2.75, 3.05) is 11.0 Å². The Kier molecular flexibility index (Phi) is 5.68. The molecule has 3 aromatic rings. The summed E-state index contributed by atoms with van der Waals surface area (Å²) in [6.45, 7) is 1.81. The van der Waals surface area contributed by atoms with E-state index in [-0.39, 0.29) is 11.0 Å². The summed E-state index contributed by atoms with van der Waals surface area (Å²) >= 11 is 2.92. The lowest BCUT2D eigenvalue weighted by molar-refractivity contribution is 0.0994. The minimum Gasteiger partial charge on any atom is -0.304 e. The maximum atomic E-state index is 12.7. The molecule has 3 rings (SSSR count). The van der Waals surface area contributed by atoms with E-state index in [0.29, 0.717) is 16.4 Å². The first-order valence-corrected chi connectivity index (χ1v) is 11.6. The van der Waals surface area contributed by atoms with Crippen LogP contribution in [0.25, 0.3) is 10.7 Å². The van der Waals surface area contributed by atoms with Crippen molar-refractivity contribution < 1.29 is 13.2 Å². The van der Waals surface area contributed by atoms with Gasteiger partial charge in [0.05, 0.1) is 16.4 Å². The maximum Gasteiger partial charge on any atom is 0.229 e. The molecule has 0 aliphatic heterocycles. The number of hydrogen-bond donors (Lipinski definition) is 1. The highest BCUT2D eigenvalue weighted by Crippen LogP contribution is 2.29. The molecule has 1 unspecified atom stereocenters. The zero-order valence-electron chi connectivity index (χ0n) is 14.9. The molecule has 7 nitrogen and oxygen atoms in total. The van der Waals surface area contributed by atoms with Gasteiger partial charge < -0.3 is 4.57 Å². The van der Waals surface area contributed by atoms with Crippen molar-refractivity contribution in [3.8, 4) is 10.7 Å². The lowest BCUT2D eigenvalue weighted by Crippen LogP contribution is -2.15. The number of Topliss-reactive ketones (excluding diaryl/α,β-unsaturated/α-hetero) is 1. The van der Waals surface area contributed by atoms with Crippen molar-refractivity contribution >= 4 is 44.6 Å². The number of nitrogens with one attached hydrogen (secondary N) is 1. The Morgan fingerprint density at radius 3 is 2.52 bits per heavy atom. The standard InChI is InChI=1S/C17H18N4O3S3/c1-11(15(22)12-6-8-13(9-7-12)20-27(3,23)24)26-17-19-18-16(21(17)2)14-5-4-10-25-14/h4-11,20H,1-3H3. The highest BCUT2D eigenvalue weighted by Gasteiger charge is 2.21.